The highest BCUT2D eigenvalue weighted by Crippen LogP contribution is 2.16. The first-order valence-corrected chi connectivity index (χ1v) is 9.88. The maximum Gasteiger partial charge on any atom is 0.119 e. The fraction of sp³-hybridized carbons (Fsp3) is 0.280. The Hall–Kier alpha value is -2.33. The standard InChI is InChI=1S/C25H29NO2.ClH/c1-26(19-25(27)23-12-6-3-7-13-23)18-8-11-21-14-16-24(17-15-21)28-20-22-9-4-2-5-10-22;/h2-7,9-10,12-17,25,27H,8,11,18-20H2,1H3;1H/t25-;/m1./s1. The van der Waals surface area contributed by atoms with Crippen molar-refractivity contribution in [3.8, 4) is 5.75 Å². The Morgan fingerprint density at radius 1 is 0.828 bits per heavy atom. The van der Waals surface area contributed by atoms with Gasteiger partial charge in [-0.15, -0.1) is 12.4 Å². The fourth-order valence-electron chi connectivity index (χ4n) is 3.21. The Labute approximate surface area is 180 Å². The molecule has 154 valence electrons. The van der Waals surface area contributed by atoms with E-state index in [1.165, 1.54) is 11.1 Å². The van der Waals surface area contributed by atoms with Crippen molar-refractivity contribution >= 4 is 12.4 Å². The van der Waals surface area contributed by atoms with E-state index >= 15 is 0 Å². The summed E-state index contributed by atoms with van der Waals surface area (Å²) in [7, 11) is 2.06. The van der Waals surface area contributed by atoms with Crippen LogP contribution in [0.2, 0.25) is 0 Å². The first-order valence-electron chi connectivity index (χ1n) is 9.88. The lowest BCUT2D eigenvalue weighted by Crippen LogP contribution is -2.26. The van der Waals surface area contributed by atoms with Crippen LogP contribution < -0.4 is 4.74 Å². The van der Waals surface area contributed by atoms with E-state index in [2.05, 4.69) is 36.2 Å². The lowest BCUT2D eigenvalue weighted by atomic mass is 10.1. The quantitative estimate of drug-likeness (QED) is 0.492. The molecule has 0 aromatic heterocycles. The first-order chi connectivity index (χ1) is 13.7. The van der Waals surface area contributed by atoms with Gasteiger partial charge in [0.05, 0.1) is 6.10 Å². The van der Waals surface area contributed by atoms with Crippen molar-refractivity contribution in [1.82, 2.24) is 4.90 Å². The summed E-state index contributed by atoms with van der Waals surface area (Å²) in [5.41, 5.74) is 3.46. The summed E-state index contributed by atoms with van der Waals surface area (Å²) in [6.45, 7) is 2.20. The van der Waals surface area contributed by atoms with Crippen molar-refractivity contribution in [2.45, 2.75) is 25.6 Å². The summed E-state index contributed by atoms with van der Waals surface area (Å²) in [5.74, 6) is 0.899. The Balaban J connectivity index is 0.00000300. The predicted octanol–water partition coefficient (Wildman–Crippen LogP) is 5.29. The summed E-state index contributed by atoms with van der Waals surface area (Å²) >= 11 is 0. The van der Waals surface area contributed by atoms with E-state index < -0.39 is 6.10 Å². The largest absolute Gasteiger partial charge is 0.489 e. The molecule has 3 rings (SSSR count). The van der Waals surface area contributed by atoms with Crippen molar-refractivity contribution < 1.29 is 9.84 Å². The van der Waals surface area contributed by atoms with Gasteiger partial charge >= 0.3 is 0 Å². The molecule has 3 aromatic rings. The van der Waals surface area contributed by atoms with Crippen LogP contribution in [-0.4, -0.2) is 30.1 Å². The smallest absolute Gasteiger partial charge is 0.119 e. The number of aliphatic hydroxyl groups is 1. The summed E-state index contributed by atoms with van der Waals surface area (Å²) in [6.07, 6.45) is 1.64. The van der Waals surface area contributed by atoms with Gasteiger partial charge in [-0.3, -0.25) is 0 Å². The molecule has 0 fully saturated rings. The number of aliphatic hydroxyl groups excluding tert-OH is 1. The number of hydrogen-bond acceptors (Lipinski definition) is 3. The number of nitrogens with zero attached hydrogens (tertiary/aromatic N) is 1. The monoisotopic (exact) mass is 411 g/mol. The average molecular weight is 412 g/mol. The second kappa shape index (κ2) is 12.3. The maximum atomic E-state index is 10.3. The summed E-state index contributed by atoms with van der Waals surface area (Å²) in [5, 5.41) is 10.3. The minimum absolute atomic E-state index is 0. The zero-order valence-corrected chi connectivity index (χ0v) is 17.7. The van der Waals surface area contributed by atoms with Gasteiger partial charge in [-0.1, -0.05) is 72.8 Å². The average Bonchev–Trinajstić information content (AvgIpc) is 2.74. The Kier molecular flexibility index (Phi) is 9.72. The Morgan fingerprint density at radius 3 is 2.10 bits per heavy atom. The molecule has 4 heteroatoms. The molecule has 0 aliphatic carbocycles. The van der Waals surface area contributed by atoms with E-state index in [4.69, 9.17) is 4.74 Å². The number of ether oxygens (including phenoxy) is 1. The van der Waals surface area contributed by atoms with Crippen molar-refractivity contribution in [3.63, 3.8) is 0 Å². The molecule has 1 atom stereocenters. The highest BCUT2D eigenvalue weighted by atomic mass is 35.5. The number of likely N-dealkylation sites (N-methyl/N-ethyl adjacent to an activating group) is 1. The Morgan fingerprint density at radius 2 is 1.45 bits per heavy atom. The molecular formula is C25H30ClNO2. The molecule has 0 aliphatic heterocycles. The molecule has 0 aliphatic rings. The van der Waals surface area contributed by atoms with Crippen LogP contribution in [0.4, 0.5) is 0 Å². The molecule has 3 aromatic carbocycles. The third-order valence-corrected chi connectivity index (χ3v) is 4.85. The molecule has 0 heterocycles. The van der Waals surface area contributed by atoms with Crippen LogP contribution >= 0.6 is 12.4 Å². The van der Waals surface area contributed by atoms with Gasteiger partial charge in [-0.25, -0.2) is 0 Å². The molecule has 29 heavy (non-hydrogen) atoms. The first kappa shape index (κ1) is 23.0. The topological polar surface area (TPSA) is 32.7 Å². The number of rotatable bonds is 10. The predicted molar refractivity (Wildman–Crippen MR) is 122 cm³/mol. The van der Waals surface area contributed by atoms with Gasteiger partial charge in [0, 0.05) is 6.54 Å². The van der Waals surface area contributed by atoms with E-state index in [0.29, 0.717) is 13.2 Å². The maximum absolute atomic E-state index is 10.3. The molecule has 0 radical (unpaired) electrons. The zero-order chi connectivity index (χ0) is 19.6. The molecule has 0 bridgehead atoms. The van der Waals surface area contributed by atoms with E-state index in [1.807, 2.05) is 60.7 Å². The number of halogens is 1. The second-order valence-electron chi connectivity index (χ2n) is 7.21. The van der Waals surface area contributed by atoms with Gasteiger partial charge in [-0.05, 0) is 55.3 Å². The van der Waals surface area contributed by atoms with Gasteiger partial charge in [0.1, 0.15) is 12.4 Å². The Bertz CT molecular complexity index is 809. The van der Waals surface area contributed by atoms with E-state index in [9.17, 15) is 5.11 Å². The fourth-order valence-corrected chi connectivity index (χ4v) is 3.21. The lowest BCUT2D eigenvalue weighted by molar-refractivity contribution is 0.126. The highest BCUT2D eigenvalue weighted by Gasteiger charge is 2.10. The minimum atomic E-state index is -0.438. The van der Waals surface area contributed by atoms with Gasteiger partial charge in [0.25, 0.3) is 0 Å². The number of benzene rings is 3. The van der Waals surface area contributed by atoms with E-state index in [-0.39, 0.29) is 12.4 Å². The molecule has 0 unspecified atom stereocenters. The van der Waals surface area contributed by atoms with Crippen LogP contribution in [0.5, 0.6) is 5.75 Å². The molecule has 0 saturated heterocycles. The molecule has 0 amide bonds. The van der Waals surface area contributed by atoms with Crippen molar-refractivity contribution in [2.75, 3.05) is 20.1 Å². The third kappa shape index (κ3) is 7.90. The molecular weight excluding hydrogens is 382 g/mol. The molecule has 3 nitrogen and oxygen atoms in total. The highest BCUT2D eigenvalue weighted by molar-refractivity contribution is 5.85. The molecule has 1 N–H and O–H groups in total. The molecule has 0 spiro atoms. The molecule has 0 saturated carbocycles. The van der Waals surface area contributed by atoms with Crippen LogP contribution in [0.15, 0.2) is 84.9 Å². The summed E-state index contributed by atoms with van der Waals surface area (Å²) < 4.78 is 5.84. The van der Waals surface area contributed by atoms with Gasteiger partial charge in [0.2, 0.25) is 0 Å². The van der Waals surface area contributed by atoms with Crippen molar-refractivity contribution in [2.24, 2.45) is 0 Å². The zero-order valence-electron chi connectivity index (χ0n) is 16.9. The van der Waals surface area contributed by atoms with Crippen LogP contribution in [0, 0.1) is 0 Å². The third-order valence-electron chi connectivity index (χ3n) is 4.85. The van der Waals surface area contributed by atoms with Crippen molar-refractivity contribution in [3.05, 3.63) is 102 Å². The van der Waals surface area contributed by atoms with Gasteiger partial charge in [0.15, 0.2) is 0 Å². The lowest BCUT2D eigenvalue weighted by Gasteiger charge is -2.20. The normalized spacial score (nSPS) is 11.7. The van der Waals surface area contributed by atoms with Crippen LogP contribution in [0.1, 0.15) is 29.2 Å². The number of aryl methyl sites for hydroxylation is 1. The van der Waals surface area contributed by atoms with E-state index in [1.54, 1.807) is 0 Å². The van der Waals surface area contributed by atoms with Crippen LogP contribution in [0.3, 0.4) is 0 Å². The van der Waals surface area contributed by atoms with Crippen molar-refractivity contribution in [1.29, 1.82) is 0 Å². The second-order valence-corrected chi connectivity index (χ2v) is 7.21. The number of hydrogen-bond donors (Lipinski definition) is 1. The van der Waals surface area contributed by atoms with Gasteiger partial charge in [-0.2, -0.15) is 0 Å². The van der Waals surface area contributed by atoms with Crippen LogP contribution in [-0.2, 0) is 13.0 Å². The summed E-state index contributed by atoms with van der Waals surface area (Å²) in [4.78, 5) is 2.19. The SMILES string of the molecule is CN(CCCc1ccc(OCc2ccccc2)cc1)C[C@@H](O)c1ccccc1.Cl. The van der Waals surface area contributed by atoms with Crippen LogP contribution in [0.25, 0.3) is 0 Å². The van der Waals surface area contributed by atoms with E-state index in [0.717, 1.165) is 30.7 Å². The summed E-state index contributed by atoms with van der Waals surface area (Å²) in [6, 6.07) is 28.4. The minimum Gasteiger partial charge on any atom is -0.489 e. The van der Waals surface area contributed by atoms with Gasteiger partial charge < -0.3 is 14.7 Å².